The van der Waals surface area contributed by atoms with Crippen molar-refractivity contribution >= 4 is 11.8 Å². The summed E-state index contributed by atoms with van der Waals surface area (Å²) in [7, 11) is 0. The number of Topliss-reactive ketones (excluding diaryl/α,β-unsaturated/α-hetero) is 1. The van der Waals surface area contributed by atoms with E-state index in [2.05, 4.69) is 4.74 Å². The molecule has 0 aromatic heterocycles. The Balaban J connectivity index is 4.36. The van der Waals surface area contributed by atoms with E-state index >= 15 is 0 Å². The van der Waals surface area contributed by atoms with Gasteiger partial charge in [-0.05, 0) is 6.92 Å². The number of rotatable bonds is 7. The van der Waals surface area contributed by atoms with Crippen LogP contribution in [0.1, 0.15) is 26.7 Å². The molecular formula is C9H15NO5. The first kappa shape index (κ1) is 13.5. The number of nitrogens with zero attached hydrogens (tertiary/aromatic N) is 1. The predicted molar refractivity (Wildman–Crippen MR) is 51.9 cm³/mol. The van der Waals surface area contributed by atoms with Crippen LogP contribution in [0, 0.1) is 16.0 Å². The highest BCUT2D eigenvalue weighted by Crippen LogP contribution is 2.08. The summed E-state index contributed by atoms with van der Waals surface area (Å²) >= 11 is 0. The van der Waals surface area contributed by atoms with Crippen LogP contribution in [0.25, 0.3) is 0 Å². The van der Waals surface area contributed by atoms with Gasteiger partial charge in [-0.25, -0.2) is 0 Å². The van der Waals surface area contributed by atoms with Crippen molar-refractivity contribution in [3.63, 3.8) is 0 Å². The maximum Gasteiger partial charge on any atom is 0.316 e. The Morgan fingerprint density at radius 2 is 2.00 bits per heavy atom. The molecule has 15 heavy (non-hydrogen) atoms. The van der Waals surface area contributed by atoms with Crippen molar-refractivity contribution < 1.29 is 19.2 Å². The van der Waals surface area contributed by atoms with Crippen LogP contribution in [0.2, 0.25) is 0 Å². The van der Waals surface area contributed by atoms with E-state index in [1.165, 1.54) is 0 Å². The highest BCUT2D eigenvalue weighted by atomic mass is 16.6. The molecule has 0 aromatic rings. The van der Waals surface area contributed by atoms with Crippen LogP contribution in [0.15, 0.2) is 0 Å². The minimum absolute atomic E-state index is 0.115. The number of esters is 1. The van der Waals surface area contributed by atoms with Gasteiger partial charge >= 0.3 is 5.97 Å². The fourth-order valence-electron chi connectivity index (χ4n) is 1.08. The van der Waals surface area contributed by atoms with E-state index in [9.17, 15) is 19.7 Å². The summed E-state index contributed by atoms with van der Waals surface area (Å²) in [5.74, 6) is -1.79. The maximum absolute atomic E-state index is 11.3. The molecule has 0 spiro atoms. The topological polar surface area (TPSA) is 86.5 Å². The summed E-state index contributed by atoms with van der Waals surface area (Å²) in [4.78, 5) is 32.0. The summed E-state index contributed by atoms with van der Waals surface area (Å²) in [5.41, 5.74) is 0. The zero-order valence-corrected chi connectivity index (χ0v) is 8.89. The lowest BCUT2D eigenvalue weighted by Gasteiger charge is -2.10. The van der Waals surface area contributed by atoms with E-state index in [-0.39, 0.29) is 25.2 Å². The zero-order valence-electron chi connectivity index (χ0n) is 8.89. The fourth-order valence-corrected chi connectivity index (χ4v) is 1.08. The summed E-state index contributed by atoms with van der Waals surface area (Å²) in [5, 5.41) is 10.3. The number of hydrogen-bond donors (Lipinski definition) is 0. The van der Waals surface area contributed by atoms with Gasteiger partial charge in [-0.1, -0.05) is 6.92 Å². The molecule has 0 aliphatic carbocycles. The summed E-state index contributed by atoms with van der Waals surface area (Å²) in [6.07, 6.45) is 0.157. The van der Waals surface area contributed by atoms with Gasteiger partial charge in [0.2, 0.25) is 6.54 Å². The second kappa shape index (κ2) is 6.92. The van der Waals surface area contributed by atoms with Gasteiger partial charge in [-0.2, -0.15) is 0 Å². The highest BCUT2D eigenvalue weighted by molar-refractivity contribution is 5.84. The third-order valence-corrected chi connectivity index (χ3v) is 1.86. The first-order chi connectivity index (χ1) is 7.01. The Morgan fingerprint density at radius 1 is 1.40 bits per heavy atom. The van der Waals surface area contributed by atoms with Crippen LogP contribution in [0.4, 0.5) is 0 Å². The first-order valence-electron chi connectivity index (χ1n) is 4.81. The van der Waals surface area contributed by atoms with Gasteiger partial charge in [0.1, 0.15) is 11.7 Å². The number of ether oxygens (including phenoxy) is 1. The highest BCUT2D eigenvalue weighted by Gasteiger charge is 2.27. The van der Waals surface area contributed by atoms with Crippen molar-refractivity contribution in [2.24, 2.45) is 5.92 Å². The normalized spacial score (nSPS) is 11.9. The maximum atomic E-state index is 11.3. The third kappa shape index (κ3) is 5.77. The second-order valence-corrected chi connectivity index (χ2v) is 3.06. The van der Waals surface area contributed by atoms with Crippen molar-refractivity contribution in [1.29, 1.82) is 0 Å². The van der Waals surface area contributed by atoms with Gasteiger partial charge in [0.05, 0.1) is 6.61 Å². The molecule has 0 heterocycles. The molecule has 0 N–H and O–H groups in total. The minimum Gasteiger partial charge on any atom is -0.466 e. The molecular weight excluding hydrogens is 202 g/mol. The lowest BCUT2D eigenvalue weighted by atomic mass is 10.0. The van der Waals surface area contributed by atoms with Crippen LogP contribution in [-0.4, -0.2) is 29.8 Å². The van der Waals surface area contributed by atoms with Crippen molar-refractivity contribution in [2.45, 2.75) is 26.7 Å². The lowest BCUT2D eigenvalue weighted by Crippen LogP contribution is -2.27. The van der Waals surface area contributed by atoms with Crippen molar-refractivity contribution in [3.05, 3.63) is 10.1 Å². The quantitative estimate of drug-likeness (QED) is 0.358. The van der Waals surface area contributed by atoms with E-state index < -0.39 is 23.4 Å². The van der Waals surface area contributed by atoms with Gasteiger partial charge in [0.15, 0.2) is 0 Å². The van der Waals surface area contributed by atoms with Crippen LogP contribution < -0.4 is 0 Å². The molecule has 0 aliphatic heterocycles. The molecule has 0 saturated carbocycles. The van der Waals surface area contributed by atoms with Gasteiger partial charge in [0.25, 0.3) is 0 Å². The number of ketones is 1. The van der Waals surface area contributed by atoms with Crippen molar-refractivity contribution in [3.8, 4) is 0 Å². The molecule has 0 aromatic carbocycles. The standard InChI is InChI=1S/C9H15NO5/c1-3-8(11)5-7(6-10(13)14)9(12)15-4-2/h7H,3-6H2,1-2H3/t7-/m1/s1. The molecule has 0 aliphatic rings. The predicted octanol–water partition coefficient (Wildman–Crippen LogP) is 0.812. The third-order valence-electron chi connectivity index (χ3n) is 1.86. The molecule has 0 radical (unpaired) electrons. The van der Waals surface area contributed by atoms with E-state index in [4.69, 9.17) is 0 Å². The van der Waals surface area contributed by atoms with Crippen LogP contribution >= 0.6 is 0 Å². The average molecular weight is 217 g/mol. The van der Waals surface area contributed by atoms with Gasteiger partial charge < -0.3 is 4.74 Å². The van der Waals surface area contributed by atoms with Crippen molar-refractivity contribution in [1.82, 2.24) is 0 Å². The molecule has 86 valence electrons. The Labute approximate surface area is 87.7 Å². The van der Waals surface area contributed by atoms with E-state index in [1.807, 2.05) is 0 Å². The molecule has 0 unspecified atom stereocenters. The van der Waals surface area contributed by atoms with Crippen LogP contribution in [0.3, 0.4) is 0 Å². The first-order valence-corrected chi connectivity index (χ1v) is 4.81. The number of carbonyl (C=O) groups is 2. The molecule has 0 amide bonds. The van der Waals surface area contributed by atoms with E-state index in [1.54, 1.807) is 13.8 Å². The fraction of sp³-hybridized carbons (Fsp3) is 0.778. The van der Waals surface area contributed by atoms with Crippen molar-refractivity contribution in [2.75, 3.05) is 13.2 Å². The second-order valence-electron chi connectivity index (χ2n) is 3.06. The molecule has 6 nitrogen and oxygen atoms in total. The number of nitro groups is 1. The van der Waals surface area contributed by atoms with Crippen LogP contribution in [-0.2, 0) is 14.3 Å². The Kier molecular flexibility index (Phi) is 6.24. The SMILES string of the molecule is CCOC(=O)[C@H](CC(=O)CC)C[N+](=O)[O-]. The average Bonchev–Trinajstić information content (AvgIpc) is 2.16. The van der Waals surface area contributed by atoms with Gasteiger partial charge in [-0.3, -0.25) is 19.7 Å². The Bertz CT molecular complexity index is 251. The van der Waals surface area contributed by atoms with E-state index in [0.717, 1.165) is 0 Å². The minimum atomic E-state index is -0.951. The summed E-state index contributed by atoms with van der Waals surface area (Å²) in [6, 6.07) is 0. The molecule has 0 saturated heterocycles. The molecule has 1 atom stereocenters. The number of carbonyl (C=O) groups excluding carboxylic acids is 2. The summed E-state index contributed by atoms with van der Waals surface area (Å²) in [6.45, 7) is 2.87. The van der Waals surface area contributed by atoms with E-state index in [0.29, 0.717) is 0 Å². The van der Waals surface area contributed by atoms with Crippen LogP contribution in [0.5, 0.6) is 0 Å². The monoisotopic (exact) mass is 217 g/mol. The molecule has 0 bridgehead atoms. The number of hydrogen-bond acceptors (Lipinski definition) is 5. The lowest BCUT2D eigenvalue weighted by molar-refractivity contribution is -0.486. The van der Waals surface area contributed by atoms with Gasteiger partial charge in [-0.15, -0.1) is 0 Å². The molecule has 0 rings (SSSR count). The Hall–Kier alpha value is -1.46. The largest absolute Gasteiger partial charge is 0.466 e. The summed E-state index contributed by atoms with van der Waals surface area (Å²) < 4.78 is 4.65. The zero-order chi connectivity index (χ0) is 11.8. The Morgan fingerprint density at radius 3 is 2.40 bits per heavy atom. The van der Waals surface area contributed by atoms with Gasteiger partial charge in [0, 0.05) is 17.8 Å². The smallest absolute Gasteiger partial charge is 0.316 e. The molecule has 6 heteroatoms. The molecule has 0 fully saturated rings.